The number of carbonyl (C=O) groups excluding carboxylic acids is 1. The molecule has 2 aromatic rings. The molecule has 2 atom stereocenters. The number of ether oxygens (including phenoxy) is 3. The van der Waals surface area contributed by atoms with E-state index in [0.29, 0.717) is 37.7 Å². The summed E-state index contributed by atoms with van der Waals surface area (Å²) in [5.74, 6) is 2.16. The molecule has 0 radical (unpaired) electrons. The fraction of sp³-hybridized carbons (Fsp3) is 0.500. The maximum absolute atomic E-state index is 12.9. The molecule has 1 aromatic carbocycles. The molecular formula is C22H29N5O4. The Labute approximate surface area is 182 Å². The van der Waals surface area contributed by atoms with Crippen LogP contribution in [-0.2, 0) is 9.47 Å². The summed E-state index contributed by atoms with van der Waals surface area (Å²) in [7, 11) is 1.57. The van der Waals surface area contributed by atoms with E-state index in [2.05, 4.69) is 38.9 Å². The summed E-state index contributed by atoms with van der Waals surface area (Å²) >= 11 is 0. The molecule has 0 saturated carbocycles. The van der Waals surface area contributed by atoms with Crippen molar-refractivity contribution in [2.24, 2.45) is 0 Å². The van der Waals surface area contributed by atoms with Crippen LogP contribution in [-0.4, -0.2) is 74.6 Å². The molecule has 0 spiro atoms. The van der Waals surface area contributed by atoms with Gasteiger partial charge in [0.05, 0.1) is 45.6 Å². The number of nitrogens with one attached hydrogen (secondary N) is 1. The summed E-state index contributed by atoms with van der Waals surface area (Å²) in [6.07, 6.45) is 0. The molecule has 2 aliphatic heterocycles. The molecule has 0 bridgehead atoms. The van der Waals surface area contributed by atoms with Crippen molar-refractivity contribution in [2.75, 3.05) is 61.7 Å². The predicted octanol–water partition coefficient (Wildman–Crippen LogP) is 2.19. The lowest BCUT2D eigenvalue weighted by atomic mass is 10.2. The van der Waals surface area contributed by atoms with Crippen LogP contribution in [0.2, 0.25) is 0 Å². The molecule has 3 heterocycles. The summed E-state index contributed by atoms with van der Waals surface area (Å²) in [5.41, 5.74) is 0.481. The summed E-state index contributed by atoms with van der Waals surface area (Å²) in [5, 5.41) is 2.87. The van der Waals surface area contributed by atoms with Crippen LogP contribution in [0.1, 0.15) is 24.2 Å². The van der Waals surface area contributed by atoms with Gasteiger partial charge in [0.2, 0.25) is 5.95 Å². The highest BCUT2D eigenvalue weighted by atomic mass is 16.5. The van der Waals surface area contributed by atoms with Gasteiger partial charge in [-0.25, -0.2) is 0 Å². The molecule has 1 amide bonds. The van der Waals surface area contributed by atoms with Gasteiger partial charge in [-0.2, -0.15) is 9.97 Å². The van der Waals surface area contributed by atoms with Crippen LogP contribution < -0.4 is 19.9 Å². The first-order valence-corrected chi connectivity index (χ1v) is 10.6. The van der Waals surface area contributed by atoms with Crippen molar-refractivity contribution in [1.82, 2.24) is 9.97 Å². The molecule has 0 aliphatic carbocycles. The minimum Gasteiger partial charge on any atom is -0.497 e. The SMILES string of the molecule is COc1cccc(C(=O)Nc2nc(N3CCOC[C@@H]3C)cc(N3CCOC[C@@H]3C)n2)c1. The van der Waals surface area contributed by atoms with Gasteiger partial charge in [-0.3, -0.25) is 10.1 Å². The molecule has 166 valence electrons. The lowest BCUT2D eigenvalue weighted by molar-refractivity contribution is 0.0977. The average molecular weight is 428 g/mol. The molecule has 9 nitrogen and oxygen atoms in total. The second kappa shape index (κ2) is 9.49. The van der Waals surface area contributed by atoms with Gasteiger partial charge in [0.1, 0.15) is 17.4 Å². The van der Waals surface area contributed by atoms with Crippen molar-refractivity contribution in [3.8, 4) is 5.75 Å². The van der Waals surface area contributed by atoms with Crippen LogP contribution in [0.25, 0.3) is 0 Å². The van der Waals surface area contributed by atoms with Crippen molar-refractivity contribution >= 4 is 23.5 Å². The Bertz CT molecular complexity index is 884. The molecule has 0 unspecified atom stereocenters. The molecule has 1 N–H and O–H groups in total. The van der Waals surface area contributed by atoms with E-state index in [1.165, 1.54) is 0 Å². The summed E-state index contributed by atoms with van der Waals surface area (Å²) in [4.78, 5) is 26.6. The Morgan fingerprint density at radius 3 is 2.19 bits per heavy atom. The van der Waals surface area contributed by atoms with E-state index in [1.807, 2.05) is 6.07 Å². The predicted molar refractivity (Wildman–Crippen MR) is 118 cm³/mol. The molecule has 2 saturated heterocycles. The van der Waals surface area contributed by atoms with E-state index in [-0.39, 0.29) is 23.9 Å². The van der Waals surface area contributed by atoms with Gasteiger partial charge in [0.15, 0.2) is 0 Å². The normalized spacial score (nSPS) is 21.6. The first-order valence-electron chi connectivity index (χ1n) is 10.6. The molecule has 9 heteroatoms. The number of hydrogen-bond donors (Lipinski definition) is 1. The van der Waals surface area contributed by atoms with Gasteiger partial charge < -0.3 is 24.0 Å². The van der Waals surface area contributed by atoms with Crippen LogP contribution in [0.4, 0.5) is 17.6 Å². The van der Waals surface area contributed by atoms with E-state index in [9.17, 15) is 4.79 Å². The highest BCUT2D eigenvalue weighted by Crippen LogP contribution is 2.26. The Kier molecular flexibility index (Phi) is 6.53. The number of rotatable bonds is 5. The summed E-state index contributed by atoms with van der Waals surface area (Å²) in [6, 6.07) is 9.35. The minimum absolute atomic E-state index is 0.181. The number of hydrogen-bond acceptors (Lipinski definition) is 8. The molecule has 31 heavy (non-hydrogen) atoms. The monoisotopic (exact) mass is 427 g/mol. The summed E-state index contributed by atoms with van der Waals surface area (Å²) < 4.78 is 16.4. The number of aromatic nitrogens is 2. The summed E-state index contributed by atoms with van der Waals surface area (Å²) in [6.45, 7) is 8.24. The van der Waals surface area contributed by atoms with Crippen LogP contribution in [0.5, 0.6) is 5.75 Å². The molecule has 2 aliphatic rings. The van der Waals surface area contributed by atoms with Gasteiger partial charge in [-0.05, 0) is 32.0 Å². The van der Waals surface area contributed by atoms with Gasteiger partial charge in [-0.1, -0.05) is 6.07 Å². The fourth-order valence-corrected chi connectivity index (χ4v) is 3.85. The number of carbonyl (C=O) groups is 1. The van der Waals surface area contributed by atoms with Gasteiger partial charge in [0, 0.05) is 24.7 Å². The Morgan fingerprint density at radius 2 is 1.65 bits per heavy atom. The minimum atomic E-state index is -0.285. The third-order valence-electron chi connectivity index (χ3n) is 5.58. The Hall–Kier alpha value is -2.91. The average Bonchev–Trinajstić information content (AvgIpc) is 2.79. The van der Waals surface area contributed by atoms with Crippen molar-refractivity contribution in [1.29, 1.82) is 0 Å². The van der Waals surface area contributed by atoms with E-state index >= 15 is 0 Å². The van der Waals surface area contributed by atoms with E-state index < -0.39 is 0 Å². The quantitative estimate of drug-likeness (QED) is 0.777. The Balaban J connectivity index is 1.65. The highest BCUT2D eigenvalue weighted by Gasteiger charge is 2.26. The number of nitrogens with zero attached hydrogens (tertiary/aromatic N) is 4. The van der Waals surface area contributed by atoms with E-state index in [1.54, 1.807) is 31.4 Å². The van der Waals surface area contributed by atoms with E-state index in [0.717, 1.165) is 24.7 Å². The van der Waals surface area contributed by atoms with Crippen LogP contribution in [0.3, 0.4) is 0 Å². The van der Waals surface area contributed by atoms with Crippen LogP contribution in [0.15, 0.2) is 30.3 Å². The standard InChI is InChI=1S/C22H29N5O4/c1-15-13-30-9-7-26(15)19-12-20(27-8-10-31-14-16(27)2)24-22(23-19)25-21(28)17-5-4-6-18(11-17)29-3/h4-6,11-12,15-16H,7-10,13-14H2,1-3H3,(H,23,24,25,28)/t15-,16-/m0/s1. The van der Waals surface area contributed by atoms with Gasteiger partial charge >= 0.3 is 0 Å². The third kappa shape index (κ3) is 4.88. The smallest absolute Gasteiger partial charge is 0.258 e. The molecule has 4 rings (SSSR count). The van der Waals surface area contributed by atoms with Crippen LogP contribution in [0, 0.1) is 0 Å². The van der Waals surface area contributed by atoms with E-state index in [4.69, 9.17) is 14.2 Å². The highest BCUT2D eigenvalue weighted by molar-refractivity contribution is 6.03. The van der Waals surface area contributed by atoms with Crippen molar-refractivity contribution in [3.63, 3.8) is 0 Å². The maximum Gasteiger partial charge on any atom is 0.258 e. The van der Waals surface area contributed by atoms with Gasteiger partial charge in [0.25, 0.3) is 5.91 Å². The van der Waals surface area contributed by atoms with Crippen molar-refractivity contribution in [2.45, 2.75) is 25.9 Å². The zero-order chi connectivity index (χ0) is 21.8. The van der Waals surface area contributed by atoms with Gasteiger partial charge in [-0.15, -0.1) is 0 Å². The lowest BCUT2D eigenvalue weighted by Crippen LogP contribution is -2.46. The molecule has 1 aromatic heterocycles. The first-order chi connectivity index (χ1) is 15.0. The zero-order valence-corrected chi connectivity index (χ0v) is 18.2. The van der Waals surface area contributed by atoms with Crippen LogP contribution >= 0.6 is 0 Å². The number of methoxy groups -OCH3 is 1. The number of benzene rings is 1. The number of amides is 1. The second-order valence-electron chi connectivity index (χ2n) is 7.83. The first kappa shape index (κ1) is 21.3. The third-order valence-corrected chi connectivity index (χ3v) is 5.58. The Morgan fingerprint density at radius 1 is 1.03 bits per heavy atom. The van der Waals surface area contributed by atoms with Crippen molar-refractivity contribution < 1.29 is 19.0 Å². The maximum atomic E-state index is 12.9. The fourth-order valence-electron chi connectivity index (χ4n) is 3.85. The molecular weight excluding hydrogens is 398 g/mol. The second-order valence-corrected chi connectivity index (χ2v) is 7.83. The largest absolute Gasteiger partial charge is 0.497 e. The lowest BCUT2D eigenvalue weighted by Gasteiger charge is -2.37. The topological polar surface area (TPSA) is 89.0 Å². The molecule has 2 fully saturated rings. The number of morpholine rings is 2. The zero-order valence-electron chi connectivity index (χ0n) is 18.2. The van der Waals surface area contributed by atoms with Crippen molar-refractivity contribution in [3.05, 3.63) is 35.9 Å². The number of anilines is 3.